The van der Waals surface area contributed by atoms with E-state index in [4.69, 9.17) is 11.6 Å². The molecule has 1 aliphatic heterocycles. The average Bonchev–Trinajstić information content (AvgIpc) is 3.01. The Morgan fingerprint density at radius 1 is 1.41 bits per heavy atom. The number of nitrogens with zero attached hydrogens (tertiary/aromatic N) is 1. The molecule has 1 aromatic rings. The van der Waals surface area contributed by atoms with Gasteiger partial charge in [-0.15, -0.1) is 0 Å². The molecule has 2 rings (SSSR count). The average molecular weight is 321 g/mol. The van der Waals surface area contributed by atoms with E-state index in [2.05, 4.69) is 16.3 Å². The molecule has 1 unspecified atom stereocenters. The van der Waals surface area contributed by atoms with Crippen molar-refractivity contribution in [2.45, 2.75) is 39.2 Å². The van der Waals surface area contributed by atoms with Crippen LogP contribution in [0.2, 0.25) is 5.02 Å². The van der Waals surface area contributed by atoms with E-state index in [0.29, 0.717) is 6.54 Å². The summed E-state index contributed by atoms with van der Waals surface area (Å²) in [5, 5.41) is 3.82. The Balaban J connectivity index is 2.08. The molecule has 22 heavy (non-hydrogen) atoms. The van der Waals surface area contributed by atoms with E-state index < -0.39 is 0 Å². The van der Waals surface area contributed by atoms with Gasteiger partial charge in [0.15, 0.2) is 0 Å². The van der Waals surface area contributed by atoms with Crippen molar-refractivity contribution in [3.8, 4) is 0 Å². The topological polar surface area (TPSA) is 32.3 Å². The maximum Gasteiger partial charge on any atom is 0.246 e. The van der Waals surface area contributed by atoms with Crippen LogP contribution in [0, 0.1) is 0 Å². The fourth-order valence-electron chi connectivity index (χ4n) is 2.95. The maximum absolute atomic E-state index is 12.1. The van der Waals surface area contributed by atoms with Gasteiger partial charge in [0, 0.05) is 17.1 Å². The van der Waals surface area contributed by atoms with Gasteiger partial charge in [-0.25, -0.2) is 0 Å². The minimum Gasteiger partial charge on any atom is -0.350 e. The van der Waals surface area contributed by atoms with Gasteiger partial charge in [-0.3, -0.25) is 9.69 Å². The molecular formula is C18H25ClN2O. The molecule has 1 saturated heterocycles. The van der Waals surface area contributed by atoms with E-state index in [9.17, 15) is 4.79 Å². The predicted octanol–water partition coefficient (Wildman–Crippen LogP) is 3.95. The number of hydrogen-bond donors (Lipinski definition) is 1. The van der Waals surface area contributed by atoms with E-state index in [1.54, 1.807) is 0 Å². The summed E-state index contributed by atoms with van der Waals surface area (Å²) in [6, 6.07) is 8.16. The van der Waals surface area contributed by atoms with Crippen LogP contribution in [-0.4, -0.2) is 30.4 Å². The van der Waals surface area contributed by atoms with E-state index >= 15 is 0 Å². The van der Waals surface area contributed by atoms with Crippen molar-refractivity contribution in [2.75, 3.05) is 19.6 Å². The van der Waals surface area contributed by atoms with Crippen LogP contribution in [0.3, 0.4) is 0 Å². The summed E-state index contributed by atoms with van der Waals surface area (Å²) in [7, 11) is 0. The number of allylic oxidation sites excluding steroid dienone is 1. The molecule has 120 valence electrons. The molecule has 0 bridgehead atoms. The minimum absolute atomic E-state index is 0.0214. The zero-order chi connectivity index (χ0) is 15.9. The number of benzene rings is 1. The molecule has 3 nitrogen and oxygen atoms in total. The number of halogens is 1. The number of amides is 1. The zero-order valence-corrected chi connectivity index (χ0v) is 14.2. The van der Waals surface area contributed by atoms with E-state index in [1.807, 2.05) is 38.1 Å². The highest BCUT2D eigenvalue weighted by Gasteiger charge is 2.24. The van der Waals surface area contributed by atoms with Crippen molar-refractivity contribution < 1.29 is 4.79 Å². The molecule has 0 radical (unpaired) electrons. The summed E-state index contributed by atoms with van der Waals surface area (Å²) in [5.41, 5.74) is 1.96. The van der Waals surface area contributed by atoms with Gasteiger partial charge in [0.25, 0.3) is 0 Å². The fourth-order valence-corrected chi connectivity index (χ4v) is 3.15. The van der Waals surface area contributed by atoms with Crippen molar-refractivity contribution in [1.82, 2.24) is 10.2 Å². The summed E-state index contributed by atoms with van der Waals surface area (Å²) in [6.45, 7) is 6.68. The summed E-state index contributed by atoms with van der Waals surface area (Å²) < 4.78 is 0. The van der Waals surface area contributed by atoms with Gasteiger partial charge < -0.3 is 5.32 Å². The molecule has 1 heterocycles. The zero-order valence-electron chi connectivity index (χ0n) is 13.4. The van der Waals surface area contributed by atoms with Crippen LogP contribution in [0.25, 0.3) is 0 Å². The Morgan fingerprint density at radius 2 is 2.14 bits per heavy atom. The van der Waals surface area contributed by atoms with Gasteiger partial charge in [0.1, 0.15) is 0 Å². The number of rotatable bonds is 6. The second-order valence-corrected chi connectivity index (χ2v) is 6.26. The van der Waals surface area contributed by atoms with Gasteiger partial charge in [-0.2, -0.15) is 0 Å². The van der Waals surface area contributed by atoms with E-state index in [0.717, 1.165) is 30.1 Å². The van der Waals surface area contributed by atoms with E-state index in [1.165, 1.54) is 18.4 Å². The number of carbonyl (C=O) groups excluding carboxylic acids is 1. The normalized spacial score (nSPS) is 17.5. The molecule has 1 aromatic carbocycles. The Morgan fingerprint density at radius 3 is 2.77 bits per heavy atom. The molecule has 0 saturated carbocycles. The second-order valence-electron chi connectivity index (χ2n) is 5.82. The molecule has 0 spiro atoms. The molecule has 1 aliphatic rings. The first-order valence-electron chi connectivity index (χ1n) is 8.06. The summed E-state index contributed by atoms with van der Waals surface area (Å²) in [5.74, 6) is 0.0214. The largest absolute Gasteiger partial charge is 0.350 e. The number of carbonyl (C=O) groups is 1. The first-order valence-corrected chi connectivity index (χ1v) is 8.44. The van der Waals surface area contributed by atoms with Gasteiger partial charge in [-0.05, 0) is 57.0 Å². The Bertz CT molecular complexity index is 536. The van der Waals surface area contributed by atoms with Gasteiger partial charge >= 0.3 is 0 Å². The van der Waals surface area contributed by atoms with Crippen LogP contribution < -0.4 is 5.32 Å². The highest BCUT2D eigenvalue weighted by molar-refractivity contribution is 6.30. The molecule has 1 amide bonds. The minimum atomic E-state index is 0.0214. The number of hydrogen-bond acceptors (Lipinski definition) is 2. The fraction of sp³-hybridized carbons (Fsp3) is 0.500. The smallest absolute Gasteiger partial charge is 0.246 e. The molecule has 1 N–H and O–H groups in total. The molecule has 1 atom stereocenters. The second kappa shape index (κ2) is 8.35. The quantitative estimate of drug-likeness (QED) is 0.805. The van der Waals surface area contributed by atoms with Crippen molar-refractivity contribution >= 4 is 17.5 Å². The van der Waals surface area contributed by atoms with Gasteiger partial charge in [-0.1, -0.05) is 36.7 Å². The Labute approximate surface area is 138 Å². The lowest BCUT2D eigenvalue weighted by atomic mass is 10.1. The van der Waals surface area contributed by atoms with Crippen LogP contribution in [0.15, 0.2) is 35.9 Å². The van der Waals surface area contributed by atoms with E-state index in [-0.39, 0.29) is 11.9 Å². The Kier molecular flexibility index (Phi) is 6.47. The lowest BCUT2D eigenvalue weighted by Crippen LogP contribution is -2.37. The van der Waals surface area contributed by atoms with Crippen molar-refractivity contribution in [1.29, 1.82) is 0 Å². The summed E-state index contributed by atoms with van der Waals surface area (Å²) in [6.07, 6.45) is 5.28. The third-order valence-corrected chi connectivity index (χ3v) is 4.37. The molecular weight excluding hydrogens is 296 g/mol. The maximum atomic E-state index is 12.1. The van der Waals surface area contributed by atoms with Crippen LogP contribution in [-0.2, 0) is 4.79 Å². The molecule has 1 fully saturated rings. The SMILES string of the molecule is CCC=C(C)C(=O)NCC(c1cccc(Cl)c1)N1CCCC1. The Hall–Kier alpha value is -1.32. The first-order chi connectivity index (χ1) is 10.6. The van der Waals surface area contributed by atoms with Crippen LogP contribution in [0.1, 0.15) is 44.7 Å². The first kappa shape index (κ1) is 17.0. The third-order valence-electron chi connectivity index (χ3n) is 4.14. The van der Waals surface area contributed by atoms with Gasteiger partial charge in [0.05, 0.1) is 6.04 Å². The van der Waals surface area contributed by atoms with Crippen LogP contribution >= 0.6 is 11.6 Å². The van der Waals surface area contributed by atoms with Crippen molar-refractivity contribution in [3.63, 3.8) is 0 Å². The highest BCUT2D eigenvalue weighted by Crippen LogP contribution is 2.26. The molecule has 0 aliphatic carbocycles. The monoisotopic (exact) mass is 320 g/mol. The molecule has 4 heteroatoms. The standard InChI is InChI=1S/C18H25ClN2O/c1-3-7-14(2)18(22)20-13-17(21-10-4-5-11-21)15-8-6-9-16(19)12-15/h6-9,12,17H,3-5,10-11,13H2,1-2H3,(H,20,22). The summed E-state index contributed by atoms with van der Waals surface area (Å²) in [4.78, 5) is 14.6. The van der Waals surface area contributed by atoms with Crippen LogP contribution in [0.4, 0.5) is 0 Å². The predicted molar refractivity (Wildman–Crippen MR) is 92.1 cm³/mol. The van der Waals surface area contributed by atoms with Crippen molar-refractivity contribution in [3.05, 3.63) is 46.5 Å². The third kappa shape index (κ3) is 4.59. The lowest BCUT2D eigenvalue weighted by Gasteiger charge is -2.28. The lowest BCUT2D eigenvalue weighted by molar-refractivity contribution is -0.117. The number of nitrogens with one attached hydrogen (secondary N) is 1. The van der Waals surface area contributed by atoms with Crippen LogP contribution in [0.5, 0.6) is 0 Å². The van der Waals surface area contributed by atoms with Crippen molar-refractivity contribution in [2.24, 2.45) is 0 Å². The number of likely N-dealkylation sites (tertiary alicyclic amines) is 1. The molecule has 0 aromatic heterocycles. The highest BCUT2D eigenvalue weighted by atomic mass is 35.5. The van der Waals surface area contributed by atoms with Gasteiger partial charge in [0.2, 0.25) is 5.91 Å². The summed E-state index contributed by atoms with van der Waals surface area (Å²) >= 11 is 6.14.